The van der Waals surface area contributed by atoms with Gasteiger partial charge < -0.3 is 14.9 Å². The van der Waals surface area contributed by atoms with Crippen LogP contribution in [0, 0.1) is 10.7 Å². The van der Waals surface area contributed by atoms with E-state index < -0.39 is 0 Å². The first kappa shape index (κ1) is 69.1. The molecular weight excluding hydrogens is 1590 g/mol. The van der Waals surface area contributed by atoms with E-state index >= 15 is 0 Å². The first-order valence-electron chi connectivity index (χ1n) is 31.9. The molecule has 15 rings (SSSR count). The van der Waals surface area contributed by atoms with Crippen molar-refractivity contribution >= 4 is 129 Å². The van der Waals surface area contributed by atoms with Crippen LogP contribution in [0.3, 0.4) is 0 Å². The van der Waals surface area contributed by atoms with Crippen molar-refractivity contribution in [3.8, 4) is 39.1 Å². The minimum Gasteiger partial charge on any atom is -0.384 e. The minimum absolute atomic E-state index is 0. The molecular formula is C76H72Cl2I3N13O3. The van der Waals surface area contributed by atoms with Crippen LogP contribution in [0.5, 0.6) is 0 Å². The molecule has 0 spiro atoms. The molecule has 16 nitrogen and oxygen atoms in total. The summed E-state index contributed by atoms with van der Waals surface area (Å²) < 4.78 is 14.4. The van der Waals surface area contributed by atoms with Crippen molar-refractivity contribution in [2.75, 3.05) is 5.73 Å². The Balaban J connectivity index is 0.000000138. The normalized spacial score (nSPS) is 13.8. The predicted octanol–water partition coefficient (Wildman–Crippen LogP) is 17.4. The Morgan fingerprint density at radius 3 is 1.21 bits per heavy atom. The molecule has 0 bridgehead atoms. The van der Waals surface area contributed by atoms with Crippen LogP contribution < -0.4 is 22.4 Å². The first-order valence-corrected chi connectivity index (χ1v) is 35.9. The van der Waals surface area contributed by atoms with Gasteiger partial charge in [-0.15, -0.1) is 0 Å². The molecule has 4 aromatic carbocycles. The molecule has 9 aromatic heterocycles. The van der Waals surface area contributed by atoms with E-state index in [-0.39, 0.29) is 53.9 Å². The highest BCUT2D eigenvalue weighted by Crippen LogP contribution is 2.41. The fraction of sp³-hybridized carbons (Fsp3) is 0.250. The molecule has 2 fully saturated rings. The van der Waals surface area contributed by atoms with Crippen molar-refractivity contribution in [3.05, 3.63) is 263 Å². The Hall–Kier alpha value is -7.84. The fourth-order valence-electron chi connectivity index (χ4n) is 13.0. The third kappa shape index (κ3) is 14.8. The van der Waals surface area contributed by atoms with Crippen molar-refractivity contribution in [3.63, 3.8) is 0 Å². The molecule has 0 saturated heterocycles. The molecule has 97 heavy (non-hydrogen) atoms. The standard InChI is InChI=1S/C27H22ClIN4O.C24H22ClIN4O.C24H24IN5O.CH4/c1-17(13-23-22(29)11-12-25(28)31-23)24-14-18-7-6-10-21(19-15-30-32(2)16-19)26(18)27(34)33(24)20-8-4-3-5-9-20;1-14(10-20-19(26)8-9-22(25)28-20)21-11-15-4-3-5-18(16-12-27-29(2)13-16)23(15)24(31)30(21)17-6-7-17;1-14(10-20-19(25)8-9-22(26)28-20)21-11-15-4-3-5-18(16-12-27-29(2)13-16)23(15)24(31)30(21)17-6-7-17;/h3-12,14-17H,13H2,1-2H3;3-5,8-9,11-14,17H,6-7,10H2,1-2H3;3-5,8-9,11-14,17H,6-7,10H2,1-2H3,(H2,26,28);1H4/t17-;2*14-;/m111./s1. The average Bonchev–Trinajstić information content (AvgIpc) is 1.46. The van der Waals surface area contributed by atoms with Gasteiger partial charge in [-0.2, -0.15) is 15.3 Å². The van der Waals surface area contributed by atoms with Gasteiger partial charge in [0.1, 0.15) is 16.1 Å². The van der Waals surface area contributed by atoms with E-state index in [9.17, 15) is 14.4 Å². The summed E-state index contributed by atoms with van der Waals surface area (Å²) in [6.45, 7) is 6.47. The van der Waals surface area contributed by atoms with Gasteiger partial charge in [0.2, 0.25) is 0 Å². The third-order valence-electron chi connectivity index (χ3n) is 17.9. The Morgan fingerprint density at radius 1 is 0.464 bits per heavy atom. The van der Waals surface area contributed by atoms with E-state index in [0.29, 0.717) is 27.9 Å². The maximum atomic E-state index is 14.1. The molecule has 9 heterocycles. The summed E-state index contributed by atoms with van der Waals surface area (Å²) in [6, 6.07) is 46.4. The number of aryl methyl sites for hydroxylation is 3. The number of benzene rings is 4. The van der Waals surface area contributed by atoms with Crippen molar-refractivity contribution in [1.82, 2.24) is 58.0 Å². The van der Waals surface area contributed by atoms with Crippen LogP contribution >= 0.6 is 91.0 Å². The van der Waals surface area contributed by atoms with Crippen LogP contribution in [0.25, 0.3) is 71.4 Å². The Bertz CT molecular complexity index is 5090. The number of para-hydroxylation sites is 1. The summed E-state index contributed by atoms with van der Waals surface area (Å²) in [5.74, 6) is 0.836. The molecule has 21 heteroatoms. The van der Waals surface area contributed by atoms with E-state index in [1.807, 2.05) is 181 Å². The molecule has 3 atom stereocenters. The minimum atomic E-state index is -0.0428. The molecule has 0 amide bonds. The van der Waals surface area contributed by atoms with Gasteiger partial charge in [-0.3, -0.25) is 33.0 Å². The monoisotopic (exact) mass is 1670 g/mol. The number of nitrogens with zero attached hydrogens (tertiary/aromatic N) is 12. The van der Waals surface area contributed by atoms with Gasteiger partial charge in [-0.25, -0.2) is 15.0 Å². The van der Waals surface area contributed by atoms with Crippen molar-refractivity contribution in [1.29, 1.82) is 0 Å². The maximum absolute atomic E-state index is 14.1. The van der Waals surface area contributed by atoms with Crippen molar-refractivity contribution in [2.24, 2.45) is 21.1 Å². The van der Waals surface area contributed by atoms with Gasteiger partial charge in [0.15, 0.2) is 0 Å². The lowest BCUT2D eigenvalue weighted by atomic mass is 9.95. The smallest absolute Gasteiger partial charge is 0.263 e. The summed E-state index contributed by atoms with van der Waals surface area (Å²) in [6.07, 6.45) is 17.6. The van der Waals surface area contributed by atoms with E-state index in [4.69, 9.17) is 28.9 Å². The van der Waals surface area contributed by atoms with Gasteiger partial charge in [-0.05, 0) is 212 Å². The van der Waals surface area contributed by atoms with Crippen LogP contribution in [0.15, 0.2) is 191 Å². The van der Waals surface area contributed by atoms with Gasteiger partial charge in [0, 0.05) is 120 Å². The summed E-state index contributed by atoms with van der Waals surface area (Å²) in [5.41, 5.74) is 18.5. The summed E-state index contributed by atoms with van der Waals surface area (Å²) in [4.78, 5) is 55.4. The second-order valence-corrected chi connectivity index (χ2v) is 29.4. The molecule has 0 aliphatic heterocycles. The third-order valence-corrected chi connectivity index (χ3v) is 21.3. The number of rotatable bonds is 15. The molecule has 0 unspecified atom stereocenters. The largest absolute Gasteiger partial charge is 0.384 e. The molecule has 2 saturated carbocycles. The zero-order valence-electron chi connectivity index (χ0n) is 53.6. The zero-order valence-corrected chi connectivity index (χ0v) is 61.6. The second kappa shape index (κ2) is 29.3. The van der Waals surface area contributed by atoms with Crippen LogP contribution in [-0.4, -0.2) is 58.0 Å². The quantitative estimate of drug-likeness (QED) is 0.0765. The lowest BCUT2D eigenvalue weighted by molar-refractivity contribution is 0.601. The Morgan fingerprint density at radius 2 is 0.825 bits per heavy atom. The molecule has 494 valence electrons. The fourth-order valence-corrected chi connectivity index (χ4v) is 14.9. The molecule has 2 aliphatic carbocycles. The van der Waals surface area contributed by atoms with Gasteiger partial charge in [-0.1, -0.05) is 124 Å². The highest BCUT2D eigenvalue weighted by molar-refractivity contribution is 14.1. The average molecular weight is 1670 g/mol. The lowest BCUT2D eigenvalue weighted by Gasteiger charge is -2.21. The van der Waals surface area contributed by atoms with Crippen LogP contribution in [0.4, 0.5) is 5.82 Å². The number of anilines is 1. The molecule has 2 aliphatic rings. The number of aromatic nitrogens is 12. The molecule has 13 aromatic rings. The first-order chi connectivity index (χ1) is 46.3. The number of fused-ring (bicyclic) bond motifs is 3. The number of hydrogen-bond acceptors (Lipinski definition) is 10. The summed E-state index contributed by atoms with van der Waals surface area (Å²) in [7, 11) is 5.66. The lowest BCUT2D eigenvalue weighted by Crippen LogP contribution is -2.25. The Kier molecular flexibility index (Phi) is 20.9. The van der Waals surface area contributed by atoms with Crippen LogP contribution in [0.1, 0.15) is 118 Å². The number of hydrogen-bond donors (Lipinski definition) is 1. The van der Waals surface area contributed by atoms with E-state index in [1.54, 1.807) is 26.3 Å². The number of halogens is 5. The summed E-state index contributed by atoms with van der Waals surface area (Å²) >= 11 is 19.2. The van der Waals surface area contributed by atoms with Crippen molar-refractivity contribution in [2.45, 2.75) is 103 Å². The highest BCUT2D eigenvalue weighted by Gasteiger charge is 2.32. The summed E-state index contributed by atoms with van der Waals surface area (Å²) in [5, 5.41) is 19.0. The predicted molar refractivity (Wildman–Crippen MR) is 417 cm³/mol. The van der Waals surface area contributed by atoms with E-state index in [0.717, 1.165) is 149 Å². The van der Waals surface area contributed by atoms with Gasteiger partial charge in [0.25, 0.3) is 16.7 Å². The number of nitrogens with two attached hydrogens (primary N) is 1. The van der Waals surface area contributed by atoms with Gasteiger partial charge in [0.05, 0.1) is 51.8 Å². The second-order valence-electron chi connectivity index (χ2n) is 25.1. The van der Waals surface area contributed by atoms with Crippen LogP contribution in [0.2, 0.25) is 10.3 Å². The molecule has 2 N–H and O–H groups in total. The highest BCUT2D eigenvalue weighted by atomic mass is 127. The van der Waals surface area contributed by atoms with Crippen molar-refractivity contribution < 1.29 is 0 Å². The maximum Gasteiger partial charge on any atom is 0.263 e. The van der Waals surface area contributed by atoms with Gasteiger partial charge >= 0.3 is 0 Å². The number of nitrogen functional groups attached to an aromatic ring is 1. The zero-order chi connectivity index (χ0) is 67.2. The van der Waals surface area contributed by atoms with E-state index in [1.165, 1.54) is 0 Å². The Labute approximate surface area is 613 Å². The SMILES string of the molecule is C.C[C@H](Cc1nc(Cl)ccc1I)c1cc2cccc(-c3cnn(C)c3)c2c(=O)n1-c1ccccc1.C[C@H](Cc1nc(Cl)ccc1I)c1cc2cccc(-c3cnn(C)c3)c2c(=O)n1C1CC1.C[C@H](Cc1nc(N)ccc1I)c1cc2cccc(-c3cnn(C)c3)c2c(=O)n1C1CC1. The van der Waals surface area contributed by atoms with E-state index in [2.05, 4.69) is 137 Å². The number of pyridine rings is 6. The topological polar surface area (TPSA) is 184 Å². The van der Waals surface area contributed by atoms with Crippen LogP contribution in [-0.2, 0) is 40.4 Å². The molecule has 0 radical (unpaired) electrons.